The van der Waals surface area contributed by atoms with Crippen LogP contribution in [0.4, 0.5) is 5.69 Å². The predicted octanol–water partition coefficient (Wildman–Crippen LogP) is 3.59. The number of pyridine rings is 1. The molecule has 0 aliphatic carbocycles. The Labute approximate surface area is 169 Å². The van der Waals surface area contributed by atoms with Gasteiger partial charge in [0, 0.05) is 50.2 Å². The number of carbonyl (C=O) groups is 1. The zero-order valence-corrected chi connectivity index (χ0v) is 16.5. The largest absolute Gasteiger partial charge is 0.378 e. The summed E-state index contributed by atoms with van der Waals surface area (Å²) in [6, 6.07) is 21.4. The lowest BCUT2D eigenvalue weighted by Gasteiger charge is -2.13. The first-order valence-corrected chi connectivity index (χ1v) is 9.56. The summed E-state index contributed by atoms with van der Waals surface area (Å²) in [4.78, 5) is 23.8. The number of amides is 1. The summed E-state index contributed by atoms with van der Waals surface area (Å²) >= 11 is 0. The molecular formula is C23H23N5O. The van der Waals surface area contributed by atoms with Gasteiger partial charge in [0.25, 0.3) is 5.91 Å². The van der Waals surface area contributed by atoms with Crippen LogP contribution in [0.2, 0.25) is 0 Å². The molecule has 0 spiro atoms. The molecule has 0 aliphatic rings. The van der Waals surface area contributed by atoms with Crippen molar-refractivity contribution in [3.05, 3.63) is 78.5 Å². The Morgan fingerprint density at radius 3 is 2.48 bits per heavy atom. The molecule has 0 fully saturated rings. The highest BCUT2D eigenvalue weighted by molar-refractivity contribution is 5.94. The molecule has 1 N–H and O–H groups in total. The molecule has 0 radical (unpaired) electrons. The molecule has 0 saturated carbocycles. The van der Waals surface area contributed by atoms with E-state index < -0.39 is 0 Å². The highest BCUT2D eigenvalue weighted by Crippen LogP contribution is 2.23. The van der Waals surface area contributed by atoms with E-state index in [0.717, 1.165) is 28.2 Å². The summed E-state index contributed by atoms with van der Waals surface area (Å²) in [7, 11) is 3.95. The SMILES string of the molecule is CN(C)c1ccc(C(=O)NCCn2c(-c3ccccc3)nc3cccnc32)cc1. The van der Waals surface area contributed by atoms with Crippen molar-refractivity contribution < 1.29 is 4.79 Å². The number of fused-ring (bicyclic) bond motifs is 1. The molecule has 6 heteroatoms. The molecule has 2 heterocycles. The van der Waals surface area contributed by atoms with Gasteiger partial charge in [0.1, 0.15) is 11.3 Å². The van der Waals surface area contributed by atoms with E-state index in [-0.39, 0.29) is 5.91 Å². The minimum atomic E-state index is -0.0889. The number of carbonyl (C=O) groups excluding carboxylic acids is 1. The Kier molecular flexibility index (Phi) is 5.24. The zero-order valence-electron chi connectivity index (χ0n) is 16.5. The molecule has 0 aliphatic heterocycles. The van der Waals surface area contributed by atoms with E-state index in [1.807, 2.05) is 85.7 Å². The van der Waals surface area contributed by atoms with Gasteiger partial charge in [-0.2, -0.15) is 0 Å². The molecule has 1 amide bonds. The number of imidazole rings is 1. The zero-order chi connectivity index (χ0) is 20.2. The van der Waals surface area contributed by atoms with Crippen LogP contribution >= 0.6 is 0 Å². The summed E-state index contributed by atoms with van der Waals surface area (Å²) in [5, 5.41) is 3.00. The lowest BCUT2D eigenvalue weighted by Crippen LogP contribution is -2.27. The minimum absolute atomic E-state index is 0.0889. The van der Waals surface area contributed by atoms with Gasteiger partial charge in [0.2, 0.25) is 0 Å². The van der Waals surface area contributed by atoms with E-state index in [4.69, 9.17) is 4.98 Å². The molecule has 4 aromatic rings. The Morgan fingerprint density at radius 2 is 1.76 bits per heavy atom. The molecular weight excluding hydrogens is 362 g/mol. The van der Waals surface area contributed by atoms with Crippen molar-refractivity contribution in [3.8, 4) is 11.4 Å². The van der Waals surface area contributed by atoms with Gasteiger partial charge in [0.15, 0.2) is 5.65 Å². The van der Waals surface area contributed by atoms with Gasteiger partial charge in [-0.1, -0.05) is 30.3 Å². The number of hydrogen-bond donors (Lipinski definition) is 1. The fourth-order valence-corrected chi connectivity index (χ4v) is 3.27. The van der Waals surface area contributed by atoms with Crippen molar-refractivity contribution in [2.45, 2.75) is 6.54 Å². The Bertz CT molecular complexity index is 1120. The van der Waals surface area contributed by atoms with Crippen LogP contribution in [0.1, 0.15) is 10.4 Å². The van der Waals surface area contributed by atoms with E-state index in [1.54, 1.807) is 6.20 Å². The standard InChI is InChI=1S/C23H23N5O/c1-27(2)19-12-10-18(11-13-19)23(29)25-15-16-28-21(17-7-4-3-5-8-17)26-20-9-6-14-24-22(20)28/h3-14H,15-16H2,1-2H3,(H,25,29). The fraction of sp³-hybridized carbons (Fsp3) is 0.174. The normalized spacial score (nSPS) is 10.8. The van der Waals surface area contributed by atoms with E-state index in [9.17, 15) is 4.79 Å². The van der Waals surface area contributed by atoms with Gasteiger partial charge in [-0.15, -0.1) is 0 Å². The van der Waals surface area contributed by atoms with Crippen LogP contribution < -0.4 is 10.2 Å². The number of rotatable bonds is 6. The third-order valence-corrected chi connectivity index (χ3v) is 4.80. The van der Waals surface area contributed by atoms with Gasteiger partial charge in [-0.25, -0.2) is 9.97 Å². The maximum Gasteiger partial charge on any atom is 0.251 e. The first kappa shape index (κ1) is 18.7. The molecule has 146 valence electrons. The molecule has 2 aromatic heterocycles. The summed E-state index contributed by atoms with van der Waals surface area (Å²) in [6.07, 6.45) is 1.76. The van der Waals surface area contributed by atoms with Gasteiger partial charge < -0.3 is 14.8 Å². The first-order chi connectivity index (χ1) is 14.1. The predicted molar refractivity (Wildman–Crippen MR) is 116 cm³/mol. The highest BCUT2D eigenvalue weighted by Gasteiger charge is 2.13. The maximum atomic E-state index is 12.5. The van der Waals surface area contributed by atoms with Gasteiger partial charge in [0.05, 0.1) is 0 Å². The molecule has 2 aromatic carbocycles. The topological polar surface area (TPSA) is 63.1 Å². The number of benzene rings is 2. The average molecular weight is 385 g/mol. The second kappa shape index (κ2) is 8.14. The summed E-state index contributed by atoms with van der Waals surface area (Å²) in [5.74, 6) is 0.762. The molecule has 29 heavy (non-hydrogen) atoms. The van der Waals surface area contributed by atoms with Crippen LogP contribution in [0.25, 0.3) is 22.6 Å². The van der Waals surface area contributed by atoms with E-state index >= 15 is 0 Å². The van der Waals surface area contributed by atoms with E-state index in [1.165, 1.54) is 0 Å². The highest BCUT2D eigenvalue weighted by atomic mass is 16.1. The quantitative estimate of drug-likeness (QED) is 0.551. The molecule has 6 nitrogen and oxygen atoms in total. The van der Waals surface area contributed by atoms with Gasteiger partial charge in [-0.05, 0) is 36.4 Å². The molecule has 0 bridgehead atoms. The van der Waals surface area contributed by atoms with Crippen molar-refractivity contribution in [2.24, 2.45) is 0 Å². The minimum Gasteiger partial charge on any atom is -0.378 e. The van der Waals surface area contributed by atoms with Gasteiger partial charge in [-0.3, -0.25) is 4.79 Å². The number of nitrogens with one attached hydrogen (secondary N) is 1. The smallest absolute Gasteiger partial charge is 0.251 e. The molecule has 0 atom stereocenters. The summed E-state index contributed by atoms with van der Waals surface area (Å²) in [5.41, 5.74) is 4.39. The monoisotopic (exact) mass is 385 g/mol. The second-order valence-electron chi connectivity index (χ2n) is 7.00. The van der Waals surface area contributed by atoms with E-state index in [2.05, 4.69) is 14.9 Å². The molecule has 0 saturated heterocycles. The van der Waals surface area contributed by atoms with Crippen LogP contribution in [0.5, 0.6) is 0 Å². The molecule has 0 unspecified atom stereocenters. The van der Waals surface area contributed by atoms with Crippen LogP contribution in [-0.4, -0.2) is 41.1 Å². The first-order valence-electron chi connectivity index (χ1n) is 9.56. The number of anilines is 1. The number of nitrogens with zero attached hydrogens (tertiary/aromatic N) is 4. The van der Waals surface area contributed by atoms with E-state index in [0.29, 0.717) is 18.7 Å². The third kappa shape index (κ3) is 3.96. The fourth-order valence-electron chi connectivity index (χ4n) is 3.27. The second-order valence-corrected chi connectivity index (χ2v) is 7.00. The Morgan fingerprint density at radius 1 is 1.00 bits per heavy atom. The lowest BCUT2D eigenvalue weighted by atomic mass is 10.2. The maximum absolute atomic E-state index is 12.5. The van der Waals surface area contributed by atoms with Crippen molar-refractivity contribution in [2.75, 3.05) is 25.5 Å². The Hall–Kier alpha value is -3.67. The van der Waals surface area contributed by atoms with Crippen molar-refractivity contribution in [1.29, 1.82) is 0 Å². The van der Waals surface area contributed by atoms with Crippen LogP contribution in [0, 0.1) is 0 Å². The Balaban J connectivity index is 1.51. The van der Waals surface area contributed by atoms with Crippen LogP contribution in [-0.2, 0) is 6.54 Å². The summed E-state index contributed by atoms with van der Waals surface area (Å²) in [6.45, 7) is 1.06. The van der Waals surface area contributed by atoms with Crippen LogP contribution in [0.3, 0.4) is 0 Å². The van der Waals surface area contributed by atoms with Crippen molar-refractivity contribution in [1.82, 2.24) is 19.9 Å². The molecule has 4 rings (SSSR count). The summed E-state index contributed by atoms with van der Waals surface area (Å²) < 4.78 is 2.06. The van der Waals surface area contributed by atoms with Crippen LogP contribution in [0.15, 0.2) is 72.9 Å². The third-order valence-electron chi connectivity index (χ3n) is 4.80. The van der Waals surface area contributed by atoms with Crippen molar-refractivity contribution >= 4 is 22.8 Å². The van der Waals surface area contributed by atoms with Gasteiger partial charge >= 0.3 is 0 Å². The lowest BCUT2D eigenvalue weighted by molar-refractivity contribution is 0.0952. The van der Waals surface area contributed by atoms with Crippen molar-refractivity contribution in [3.63, 3.8) is 0 Å². The number of aromatic nitrogens is 3. The number of hydrogen-bond acceptors (Lipinski definition) is 4. The average Bonchev–Trinajstić information content (AvgIpc) is 3.13.